The number of hydrogen-bond donors (Lipinski definition) is 1. The minimum absolute atomic E-state index is 0.187. The van der Waals surface area contributed by atoms with Gasteiger partial charge in [-0.15, -0.1) is 0 Å². The summed E-state index contributed by atoms with van der Waals surface area (Å²) in [4.78, 5) is 38.7. The maximum Gasteiger partial charge on any atom is 0.328 e. The lowest BCUT2D eigenvalue weighted by molar-refractivity contribution is 0.100. The number of fused-ring (bicyclic) bond motifs is 1. The van der Waals surface area contributed by atoms with Gasteiger partial charge in [0, 0.05) is 23.4 Å². The van der Waals surface area contributed by atoms with Crippen LogP contribution in [0, 0.1) is 0 Å². The Kier molecular flexibility index (Phi) is 3.77. The van der Waals surface area contributed by atoms with Crippen LogP contribution in [0.2, 0.25) is 0 Å². The van der Waals surface area contributed by atoms with Crippen molar-refractivity contribution in [2.24, 2.45) is 4.36 Å². The first-order chi connectivity index (χ1) is 10.9. The van der Waals surface area contributed by atoms with E-state index in [4.69, 9.17) is 0 Å². The van der Waals surface area contributed by atoms with Crippen LogP contribution in [0.4, 0.5) is 0 Å². The van der Waals surface area contributed by atoms with E-state index in [2.05, 4.69) is 9.35 Å². The Morgan fingerprint density at radius 1 is 1.26 bits per heavy atom. The van der Waals surface area contributed by atoms with E-state index in [1.807, 2.05) is 0 Å². The number of aromatic nitrogens is 2. The Bertz CT molecular complexity index is 1010. The summed E-state index contributed by atoms with van der Waals surface area (Å²) in [6.07, 6.45) is 2.47. The number of rotatable bonds is 2. The molecular weight excluding hydrogens is 318 g/mol. The van der Waals surface area contributed by atoms with Gasteiger partial charge in [-0.1, -0.05) is 18.2 Å². The molecule has 1 aromatic heterocycles. The maximum absolute atomic E-state index is 12.7. The Morgan fingerprint density at radius 3 is 2.65 bits per heavy atom. The average Bonchev–Trinajstić information content (AvgIpc) is 2.97. The summed E-state index contributed by atoms with van der Waals surface area (Å²) in [7, 11) is -2.97. The van der Waals surface area contributed by atoms with Crippen molar-refractivity contribution in [2.45, 2.75) is 24.3 Å². The van der Waals surface area contributed by atoms with Gasteiger partial charge in [0.05, 0.1) is 9.73 Å². The molecule has 2 heterocycles. The molecule has 0 unspecified atom stereocenters. The van der Waals surface area contributed by atoms with Gasteiger partial charge in [0.15, 0.2) is 0 Å². The molecule has 7 nitrogen and oxygen atoms in total. The van der Waals surface area contributed by atoms with E-state index in [0.29, 0.717) is 30.0 Å². The third-order valence-electron chi connectivity index (χ3n) is 3.75. The van der Waals surface area contributed by atoms with Crippen molar-refractivity contribution >= 4 is 15.6 Å². The SMILES string of the molecule is C[S@@](=O)(=NC(=O)c1c2n(c(=O)[nH]c1=O)CCC2)c1ccccc1. The van der Waals surface area contributed by atoms with Gasteiger partial charge in [0.25, 0.3) is 11.5 Å². The number of nitrogens with zero attached hydrogens (tertiary/aromatic N) is 2. The van der Waals surface area contributed by atoms with Gasteiger partial charge >= 0.3 is 5.69 Å². The zero-order valence-corrected chi connectivity index (χ0v) is 13.3. The van der Waals surface area contributed by atoms with Gasteiger partial charge in [-0.05, 0) is 25.0 Å². The van der Waals surface area contributed by atoms with E-state index in [0.717, 1.165) is 0 Å². The second-order valence-electron chi connectivity index (χ2n) is 5.35. The number of amides is 1. The first-order valence-corrected chi connectivity index (χ1v) is 9.00. The van der Waals surface area contributed by atoms with Crippen LogP contribution in [0.1, 0.15) is 22.5 Å². The van der Waals surface area contributed by atoms with Crippen molar-refractivity contribution < 1.29 is 9.00 Å². The van der Waals surface area contributed by atoms with Crippen LogP contribution in [0.25, 0.3) is 0 Å². The first kappa shape index (κ1) is 15.4. The molecule has 0 saturated carbocycles. The molecule has 3 rings (SSSR count). The van der Waals surface area contributed by atoms with Crippen LogP contribution < -0.4 is 11.2 Å². The fourth-order valence-electron chi connectivity index (χ4n) is 2.67. The lowest BCUT2D eigenvalue weighted by atomic mass is 10.2. The molecule has 0 saturated heterocycles. The van der Waals surface area contributed by atoms with Crippen LogP contribution in [0.5, 0.6) is 0 Å². The number of H-pyrrole nitrogens is 1. The average molecular weight is 333 g/mol. The Labute approximate surface area is 132 Å². The van der Waals surface area contributed by atoms with Crippen LogP contribution in [0.15, 0.2) is 49.2 Å². The summed E-state index contributed by atoms with van der Waals surface area (Å²) in [6.45, 7) is 0.450. The summed E-state index contributed by atoms with van der Waals surface area (Å²) in [6, 6.07) is 8.39. The highest BCUT2D eigenvalue weighted by Gasteiger charge is 2.25. The molecule has 2 aromatic rings. The molecular formula is C15H15N3O4S. The van der Waals surface area contributed by atoms with E-state index in [9.17, 15) is 18.6 Å². The molecule has 0 fully saturated rings. The van der Waals surface area contributed by atoms with Crippen molar-refractivity contribution in [3.8, 4) is 0 Å². The van der Waals surface area contributed by atoms with Gasteiger partial charge < -0.3 is 0 Å². The van der Waals surface area contributed by atoms with Crippen molar-refractivity contribution in [1.82, 2.24) is 9.55 Å². The molecule has 1 aromatic carbocycles. The molecule has 1 aliphatic rings. The minimum atomic E-state index is -2.97. The molecule has 0 aliphatic carbocycles. The number of carbonyl (C=O) groups excluding carboxylic acids is 1. The standard InChI is InChI=1S/C15H15N3O4S/c1-23(22,10-6-3-2-4-7-10)17-14(20)12-11-8-5-9-18(11)15(21)16-13(12)19/h2-4,6-7H,5,8-9H2,1H3,(H,16,19,21)/t23-/m0/s1. The Morgan fingerprint density at radius 2 is 1.96 bits per heavy atom. The monoisotopic (exact) mass is 333 g/mol. The number of nitrogens with one attached hydrogen (secondary N) is 1. The quantitative estimate of drug-likeness (QED) is 0.877. The summed E-state index contributed by atoms with van der Waals surface area (Å²) in [5.41, 5.74) is -1.12. The highest BCUT2D eigenvalue weighted by atomic mass is 32.2. The molecule has 1 atom stereocenters. The maximum atomic E-state index is 12.7. The molecule has 23 heavy (non-hydrogen) atoms. The van der Waals surface area contributed by atoms with Gasteiger partial charge in [-0.25, -0.2) is 9.00 Å². The molecule has 1 aliphatic heterocycles. The van der Waals surface area contributed by atoms with Gasteiger partial charge in [-0.3, -0.25) is 19.1 Å². The fraction of sp³-hybridized carbons (Fsp3) is 0.267. The first-order valence-electron chi connectivity index (χ1n) is 7.08. The highest BCUT2D eigenvalue weighted by molar-refractivity contribution is 7.93. The molecule has 0 radical (unpaired) electrons. The molecule has 1 N–H and O–H groups in total. The van der Waals surface area contributed by atoms with Crippen LogP contribution in [0.3, 0.4) is 0 Å². The third-order valence-corrected chi connectivity index (χ3v) is 5.41. The van der Waals surface area contributed by atoms with E-state index in [-0.39, 0.29) is 5.56 Å². The number of aromatic amines is 1. The van der Waals surface area contributed by atoms with Gasteiger partial charge in [0.1, 0.15) is 5.56 Å². The van der Waals surface area contributed by atoms with E-state index < -0.39 is 26.9 Å². The summed E-state index contributed by atoms with van der Waals surface area (Å²) < 4.78 is 17.8. The van der Waals surface area contributed by atoms with E-state index in [1.165, 1.54) is 10.8 Å². The molecule has 0 spiro atoms. The highest BCUT2D eigenvalue weighted by Crippen LogP contribution is 2.16. The smallest absolute Gasteiger partial charge is 0.297 e. The Balaban J connectivity index is 2.15. The zero-order chi connectivity index (χ0) is 16.6. The number of hydrogen-bond acceptors (Lipinski definition) is 4. The third kappa shape index (κ3) is 2.77. The summed E-state index contributed by atoms with van der Waals surface area (Å²) in [5.74, 6) is -0.853. The molecule has 0 bridgehead atoms. The summed E-state index contributed by atoms with van der Waals surface area (Å²) in [5, 5.41) is 0. The van der Waals surface area contributed by atoms with Crippen molar-refractivity contribution in [3.63, 3.8) is 0 Å². The lowest BCUT2D eigenvalue weighted by Gasteiger charge is -2.07. The van der Waals surface area contributed by atoms with Gasteiger partial charge in [0.2, 0.25) is 0 Å². The van der Waals surface area contributed by atoms with Crippen molar-refractivity contribution in [2.75, 3.05) is 6.26 Å². The predicted molar refractivity (Wildman–Crippen MR) is 85.2 cm³/mol. The fourth-order valence-corrected chi connectivity index (χ4v) is 3.84. The minimum Gasteiger partial charge on any atom is -0.297 e. The topological polar surface area (TPSA) is 101 Å². The zero-order valence-electron chi connectivity index (χ0n) is 12.4. The second-order valence-corrected chi connectivity index (χ2v) is 7.61. The van der Waals surface area contributed by atoms with Gasteiger partial charge in [-0.2, -0.15) is 4.36 Å². The van der Waals surface area contributed by atoms with Crippen LogP contribution >= 0.6 is 0 Å². The molecule has 120 valence electrons. The lowest BCUT2D eigenvalue weighted by Crippen LogP contribution is -2.34. The second kappa shape index (κ2) is 5.62. The van der Waals surface area contributed by atoms with E-state index in [1.54, 1.807) is 30.3 Å². The van der Waals surface area contributed by atoms with Crippen molar-refractivity contribution in [3.05, 3.63) is 62.4 Å². The van der Waals surface area contributed by atoms with Crippen LogP contribution in [-0.4, -0.2) is 25.9 Å². The predicted octanol–water partition coefficient (Wildman–Crippen LogP) is 0.780. The number of benzene rings is 1. The summed E-state index contributed by atoms with van der Waals surface area (Å²) >= 11 is 0. The van der Waals surface area contributed by atoms with E-state index >= 15 is 0 Å². The van der Waals surface area contributed by atoms with Crippen molar-refractivity contribution in [1.29, 1.82) is 0 Å². The number of carbonyl (C=O) groups is 1. The van der Waals surface area contributed by atoms with Crippen LogP contribution in [-0.2, 0) is 22.7 Å². The Hall–Kier alpha value is -2.48. The molecule has 8 heteroatoms. The normalized spacial score (nSPS) is 15.7. The molecule has 1 amide bonds. The largest absolute Gasteiger partial charge is 0.328 e.